The molecule has 2 aromatic heterocycles. The van der Waals surface area contributed by atoms with Crippen molar-refractivity contribution in [3.05, 3.63) is 103 Å². The summed E-state index contributed by atoms with van der Waals surface area (Å²) in [5, 5.41) is 0. The molecule has 0 N–H and O–H groups in total. The van der Waals surface area contributed by atoms with Crippen LogP contribution in [0.25, 0.3) is 33.7 Å². The lowest BCUT2D eigenvalue weighted by Gasteiger charge is -2.26. The molecule has 2 heterocycles. The molecule has 0 saturated carbocycles. The van der Waals surface area contributed by atoms with Crippen LogP contribution in [0, 0.1) is 27.7 Å². The number of hydrogen-bond acceptors (Lipinski definition) is 2. The molecule has 8 heteroatoms. The highest BCUT2D eigenvalue weighted by molar-refractivity contribution is 7.16. The molecule has 202 valence electrons. The molecule has 0 radical (unpaired) electrons. The van der Waals surface area contributed by atoms with Gasteiger partial charge in [0.05, 0.1) is 0 Å². The fraction of sp³-hybridized carbons (Fsp3) is 0.226. The highest BCUT2D eigenvalue weighted by Crippen LogP contribution is 2.66. The Balaban J connectivity index is 1.79. The van der Waals surface area contributed by atoms with Crippen molar-refractivity contribution in [2.24, 2.45) is 0 Å². The van der Waals surface area contributed by atoms with Crippen molar-refractivity contribution in [2.75, 3.05) is 0 Å². The third kappa shape index (κ3) is 4.11. The number of alkyl halides is 6. The molecule has 39 heavy (non-hydrogen) atoms. The van der Waals surface area contributed by atoms with Gasteiger partial charge in [0.25, 0.3) is 0 Å². The Morgan fingerprint density at radius 1 is 0.590 bits per heavy atom. The van der Waals surface area contributed by atoms with Crippen molar-refractivity contribution in [3.8, 4) is 10.4 Å². The normalized spacial score (nSPS) is 17.9. The molecule has 1 aliphatic carbocycles. The molecular formula is C31H24F6S2. The molecule has 0 bridgehead atoms. The van der Waals surface area contributed by atoms with Gasteiger partial charge in [-0.1, -0.05) is 66.7 Å². The number of aryl methyl sites for hydroxylation is 2. The van der Waals surface area contributed by atoms with Crippen LogP contribution in [0.1, 0.15) is 42.4 Å². The minimum atomic E-state index is -5.60. The molecule has 0 saturated heterocycles. The predicted octanol–water partition coefficient (Wildman–Crippen LogP) is 10.7. The van der Waals surface area contributed by atoms with E-state index >= 15 is 26.3 Å². The van der Waals surface area contributed by atoms with E-state index in [2.05, 4.69) is 0 Å². The third-order valence-electron chi connectivity index (χ3n) is 7.11. The lowest BCUT2D eigenvalue weighted by Crippen LogP contribution is -2.49. The topological polar surface area (TPSA) is 0 Å². The lowest BCUT2D eigenvalue weighted by molar-refractivity contribution is -0.254. The van der Waals surface area contributed by atoms with E-state index in [1.807, 2.05) is 30.3 Å². The van der Waals surface area contributed by atoms with E-state index in [0.717, 1.165) is 28.2 Å². The van der Waals surface area contributed by atoms with Crippen molar-refractivity contribution in [1.29, 1.82) is 0 Å². The van der Waals surface area contributed by atoms with Gasteiger partial charge in [-0.25, -0.2) is 0 Å². The van der Waals surface area contributed by atoms with E-state index in [-0.39, 0.29) is 32.0 Å². The first kappa shape index (κ1) is 27.5. The van der Waals surface area contributed by atoms with Gasteiger partial charge in [0.15, 0.2) is 0 Å². The van der Waals surface area contributed by atoms with Crippen molar-refractivity contribution in [2.45, 2.75) is 45.5 Å². The Hall–Kier alpha value is -3.10. The maximum Gasteiger partial charge on any atom is 0.380 e. The molecule has 0 fully saturated rings. The summed E-state index contributed by atoms with van der Waals surface area (Å²) >= 11 is 2.25. The Morgan fingerprint density at radius 3 is 1.64 bits per heavy atom. The summed E-state index contributed by atoms with van der Waals surface area (Å²) in [5.41, 5.74) is -0.948. The Bertz CT molecular complexity index is 1610. The van der Waals surface area contributed by atoms with Gasteiger partial charge in [0, 0.05) is 41.8 Å². The van der Waals surface area contributed by atoms with Gasteiger partial charge in [-0.15, -0.1) is 22.7 Å². The largest absolute Gasteiger partial charge is 0.380 e. The molecule has 2 aromatic carbocycles. The average molecular weight is 575 g/mol. The number of thiophene rings is 2. The summed E-state index contributed by atoms with van der Waals surface area (Å²) in [6, 6.07) is 18.1. The Labute approximate surface area is 231 Å². The minimum absolute atomic E-state index is 0.234. The van der Waals surface area contributed by atoms with E-state index in [9.17, 15) is 0 Å². The van der Waals surface area contributed by atoms with E-state index < -0.39 is 28.9 Å². The van der Waals surface area contributed by atoms with Crippen LogP contribution in [0.15, 0.2) is 60.7 Å². The van der Waals surface area contributed by atoms with Crippen LogP contribution in [0.2, 0.25) is 0 Å². The smallest absolute Gasteiger partial charge is 0.194 e. The summed E-state index contributed by atoms with van der Waals surface area (Å²) in [5.74, 6) is -15.8. The highest BCUT2D eigenvalue weighted by atomic mass is 32.1. The van der Waals surface area contributed by atoms with Crippen LogP contribution < -0.4 is 0 Å². The standard InChI is InChI=1S/C31H24F6S2/c1-17-23(16-15-21-11-7-5-8-12-21)38-19(3)24(17)26-27(30(34,35)31(36,37)29(26,32)33)25-18(2)28(39-20(25)4)22-13-9-6-10-14-22/h5-16H,1-4H3. The van der Waals surface area contributed by atoms with Gasteiger partial charge >= 0.3 is 17.8 Å². The lowest BCUT2D eigenvalue weighted by atomic mass is 9.90. The van der Waals surface area contributed by atoms with Crippen molar-refractivity contribution < 1.29 is 26.3 Å². The second-order valence-electron chi connectivity index (χ2n) is 9.59. The highest BCUT2D eigenvalue weighted by Gasteiger charge is 2.80. The maximum atomic E-state index is 15.6. The first-order valence-electron chi connectivity index (χ1n) is 12.2. The molecule has 4 aromatic rings. The number of hydrogen-bond donors (Lipinski definition) is 0. The summed E-state index contributed by atoms with van der Waals surface area (Å²) < 4.78 is 92.6. The SMILES string of the molecule is Cc1sc(C=Cc2ccccc2)c(C)c1C1=C(c2c(C)sc(-c3ccccc3)c2C)C(F)(F)C(F)(F)C1(F)F. The molecule has 1 aliphatic rings. The first-order chi connectivity index (χ1) is 18.3. The quantitative estimate of drug-likeness (QED) is 0.208. The second-order valence-corrected chi connectivity index (χ2v) is 12.1. The predicted molar refractivity (Wildman–Crippen MR) is 150 cm³/mol. The maximum absolute atomic E-state index is 15.6. The van der Waals surface area contributed by atoms with E-state index in [1.165, 1.54) is 27.7 Å². The zero-order valence-corrected chi connectivity index (χ0v) is 23.1. The molecule has 0 amide bonds. The Kier molecular flexibility index (Phi) is 6.71. The zero-order valence-electron chi connectivity index (χ0n) is 21.5. The van der Waals surface area contributed by atoms with Crippen LogP contribution in [-0.2, 0) is 0 Å². The van der Waals surface area contributed by atoms with Crippen LogP contribution in [0.3, 0.4) is 0 Å². The van der Waals surface area contributed by atoms with E-state index in [1.54, 1.807) is 42.5 Å². The second kappa shape index (κ2) is 9.52. The van der Waals surface area contributed by atoms with Crippen molar-refractivity contribution in [1.82, 2.24) is 0 Å². The van der Waals surface area contributed by atoms with Crippen LogP contribution in [-0.4, -0.2) is 17.8 Å². The minimum Gasteiger partial charge on any atom is -0.194 e. The van der Waals surface area contributed by atoms with Crippen LogP contribution in [0.5, 0.6) is 0 Å². The number of halogens is 6. The molecule has 0 unspecified atom stereocenters. The van der Waals surface area contributed by atoms with Crippen LogP contribution in [0.4, 0.5) is 26.3 Å². The van der Waals surface area contributed by atoms with Gasteiger partial charge in [0.2, 0.25) is 0 Å². The molecule has 0 atom stereocenters. The van der Waals surface area contributed by atoms with Gasteiger partial charge in [0.1, 0.15) is 0 Å². The van der Waals surface area contributed by atoms with Gasteiger partial charge in [-0.05, 0) is 56.0 Å². The molecule has 0 nitrogen and oxygen atoms in total. The van der Waals surface area contributed by atoms with E-state index in [0.29, 0.717) is 15.3 Å². The zero-order chi connectivity index (χ0) is 28.3. The first-order valence-corrected chi connectivity index (χ1v) is 13.8. The van der Waals surface area contributed by atoms with Crippen LogP contribution >= 0.6 is 22.7 Å². The summed E-state index contributed by atoms with van der Waals surface area (Å²) in [6.07, 6.45) is 3.47. The number of rotatable bonds is 5. The van der Waals surface area contributed by atoms with Gasteiger partial charge in [-0.3, -0.25) is 0 Å². The van der Waals surface area contributed by atoms with Gasteiger partial charge < -0.3 is 0 Å². The average Bonchev–Trinajstić information content (AvgIpc) is 3.38. The summed E-state index contributed by atoms with van der Waals surface area (Å²) in [7, 11) is 0. The van der Waals surface area contributed by atoms with E-state index in [4.69, 9.17) is 0 Å². The number of allylic oxidation sites excluding steroid dienone is 2. The van der Waals surface area contributed by atoms with Crippen molar-refractivity contribution >= 4 is 46.0 Å². The fourth-order valence-corrected chi connectivity index (χ4v) is 7.47. The van der Waals surface area contributed by atoms with Crippen molar-refractivity contribution in [3.63, 3.8) is 0 Å². The van der Waals surface area contributed by atoms with Gasteiger partial charge in [-0.2, -0.15) is 26.3 Å². The molecule has 5 rings (SSSR count). The summed E-state index contributed by atoms with van der Waals surface area (Å²) in [6.45, 7) is 6.06. The summed E-state index contributed by atoms with van der Waals surface area (Å²) in [4.78, 5) is 1.67. The molecular weight excluding hydrogens is 550 g/mol. The fourth-order valence-electron chi connectivity index (χ4n) is 5.21. The monoisotopic (exact) mass is 574 g/mol. The number of benzene rings is 2. The Morgan fingerprint density at radius 2 is 1.08 bits per heavy atom. The molecule has 0 spiro atoms. The third-order valence-corrected chi connectivity index (χ3v) is 9.54. The molecule has 0 aliphatic heterocycles.